The van der Waals surface area contributed by atoms with E-state index in [4.69, 9.17) is 15.2 Å². The number of nitrogens with zero attached hydrogens (tertiary/aromatic N) is 5. The molecule has 0 bridgehead atoms. The average Bonchev–Trinajstić information content (AvgIpc) is 3.14. The predicted molar refractivity (Wildman–Crippen MR) is 112 cm³/mol. The van der Waals surface area contributed by atoms with E-state index >= 15 is 0 Å². The zero-order valence-electron chi connectivity index (χ0n) is 15.5. The Morgan fingerprint density at radius 2 is 1.79 bits per heavy atom. The van der Waals surface area contributed by atoms with Crippen molar-refractivity contribution in [2.24, 2.45) is 0 Å². The second kappa shape index (κ2) is 7.61. The van der Waals surface area contributed by atoms with Gasteiger partial charge in [0.25, 0.3) is 0 Å². The molecule has 0 saturated carbocycles. The van der Waals surface area contributed by atoms with Crippen molar-refractivity contribution < 1.29 is 9.47 Å². The molecule has 1 aromatic carbocycles. The lowest BCUT2D eigenvalue weighted by Crippen LogP contribution is -2.37. The second-order valence-corrected chi connectivity index (χ2v) is 7.59. The first-order valence-corrected chi connectivity index (χ1v) is 10.0. The number of pyridine rings is 1. The van der Waals surface area contributed by atoms with E-state index in [0.717, 1.165) is 40.3 Å². The van der Waals surface area contributed by atoms with Crippen LogP contribution >= 0.6 is 11.3 Å². The van der Waals surface area contributed by atoms with Gasteiger partial charge in [-0.2, -0.15) is 0 Å². The quantitative estimate of drug-likeness (QED) is 0.551. The molecule has 0 atom stereocenters. The first-order valence-electron chi connectivity index (χ1n) is 9.20. The van der Waals surface area contributed by atoms with Gasteiger partial charge in [0.1, 0.15) is 11.5 Å². The molecule has 9 heteroatoms. The van der Waals surface area contributed by atoms with Crippen LogP contribution in [0, 0.1) is 0 Å². The first-order chi connectivity index (χ1) is 14.2. The number of anilines is 2. The molecule has 0 spiro atoms. The van der Waals surface area contributed by atoms with Crippen LogP contribution in [-0.2, 0) is 4.74 Å². The normalized spacial score (nSPS) is 14.3. The summed E-state index contributed by atoms with van der Waals surface area (Å²) < 4.78 is 12.4. The van der Waals surface area contributed by atoms with Crippen LogP contribution in [0.15, 0.2) is 48.9 Å². The van der Waals surface area contributed by atoms with Crippen LogP contribution in [0.5, 0.6) is 11.5 Å². The number of nitrogens with two attached hydrogens (primary N) is 1. The predicted octanol–water partition coefficient (Wildman–Crippen LogP) is 3.36. The number of nitrogen functional groups attached to an aromatic ring is 1. The van der Waals surface area contributed by atoms with Gasteiger partial charge in [-0.1, -0.05) is 11.3 Å². The fraction of sp³-hybridized carbons (Fsp3) is 0.200. The van der Waals surface area contributed by atoms with E-state index in [1.54, 1.807) is 18.6 Å². The van der Waals surface area contributed by atoms with Crippen molar-refractivity contribution in [3.63, 3.8) is 0 Å². The van der Waals surface area contributed by atoms with E-state index < -0.39 is 0 Å². The van der Waals surface area contributed by atoms with Gasteiger partial charge in [-0.15, -0.1) is 0 Å². The average molecular weight is 406 g/mol. The van der Waals surface area contributed by atoms with Gasteiger partial charge in [0.15, 0.2) is 5.13 Å². The number of hydrogen-bond acceptors (Lipinski definition) is 9. The summed E-state index contributed by atoms with van der Waals surface area (Å²) in [6.07, 6.45) is 5.29. The highest BCUT2D eigenvalue weighted by Crippen LogP contribution is 2.31. The lowest BCUT2D eigenvalue weighted by molar-refractivity contribution is 0.122. The Balaban J connectivity index is 1.35. The molecular formula is C20H18N6O2S. The van der Waals surface area contributed by atoms with E-state index in [-0.39, 0.29) is 0 Å². The SMILES string of the molecule is Nc1nc2ccc(Oc3ccnc(-c4cnc(N5CCOCC5)nc4)c3)cc2s1. The Labute approximate surface area is 171 Å². The number of aromatic nitrogens is 4. The maximum absolute atomic E-state index is 6.01. The van der Waals surface area contributed by atoms with Crippen LogP contribution in [0.3, 0.4) is 0 Å². The molecule has 146 valence electrons. The van der Waals surface area contributed by atoms with Crippen molar-refractivity contribution >= 4 is 32.6 Å². The minimum Gasteiger partial charge on any atom is -0.457 e. The molecule has 0 unspecified atom stereocenters. The second-order valence-electron chi connectivity index (χ2n) is 6.53. The molecule has 4 heterocycles. The van der Waals surface area contributed by atoms with Crippen LogP contribution in [0.2, 0.25) is 0 Å². The summed E-state index contributed by atoms with van der Waals surface area (Å²) in [7, 11) is 0. The van der Waals surface area contributed by atoms with Gasteiger partial charge in [-0.3, -0.25) is 4.98 Å². The maximum atomic E-state index is 6.01. The Morgan fingerprint density at radius 1 is 1.00 bits per heavy atom. The Morgan fingerprint density at radius 3 is 2.62 bits per heavy atom. The third kappa shape index (κ3) is 3.82. The van der Waals surface area contributed by atoms with Crippen molar-refractivity contribution in [1.82, 2.24) is 19.9 Å². The summed E-state index contributed by atoms with van der Waals surface area (Å²) in [5.41, 5.74) is 8.22. The molecule has 4 aromatic rings. The third-order valence-corrected chi connectivity index (χ3v) is 5.42. The Bertz CT molecular complexity index is 1140. The highest BCUT2D eigenvalue weighted by molar-refractivity contribution is 7.22. The largest absolute Gasteiger partial charge is 0.457 e. The molecule has 1 aliphatic rings. The number of fused-ring (bicyclic) bond motifs is 1. The van der Waals surface area contributed by atoms with Crippen molar-refractivity contribution in [1.29, 1.82) is 0 Å². The van der Waals surface area contributed by atoms with Gasteiger partial charge in [0, 0.05) is 49.4 Å². The van der Waals surface area contributed by atoms with E-state index in [9.17, 15) is 0 Å². The van der Waals surface area contributed by atoms with Crippen LogP contribution < -0.4 is 15.4 Å². The molecule has 0 amide bonds. The summed E-state index contributed by atoms with van der Waals surface area (Å²) in [5, 5.41) is 0.545. The minimum atomic E-state index is 0.545. The lowest BCUT2D eigenvalue weighted by Gasteiger charge is -2.26. The van der Waals surface area contributed by atoms with Gasteiger partial charge < -0.3 is 20.1 Å². The molecule has 2 N–H and O–H groups in total. The number of ether oxygens (including phenoxy) is 2. The topological polar surface area (TPSA) is 99.3 Å². The Kier molecular flexibility index (Phi) is 4.66. The van der Waals surface area contributed by atoms with Crippen molar-refractivity contribution in [3.05, 3.63) is 48.9 Å². The highest BCUT2D eigenvalue weighted by atomic mass is 32.1. The monoisotopic (exact) mass is 406 g/mol. The van der Waals surface area contributed by atoms with E-state index in [1.807, 2.05) is 30.3 Å². The number of thiazole rings is 1. The van der Waals surface area contributed by atoms with Crippen LogP contribution in [0.4, 0.5) is 11.1 Å². The van der Waals surface area contributed by atoms with Gasteiger partial charge in [0.2, 0.25) is 5.95 Å². The maximum Gasteiger partial charge on any atom is 0.225 e. The minimum absolute atomic E-state index is 0.545. The number of hydrogen-bond donors (Lipinski definition) is 1. The van der Waals surface area contributed by atoms with Crippen molar-refractivity contribution in [2.75, 3.05) is 36.9 Å². The van der Waals surface area contributed by atoms with Crippen LogP contribution in [0.1, 0.15) is 0 Å². The van der Waals surface area contributed by atoms with Gasteiger partial charge >= 0.3 is 0 Å². The van der Waals surface area contributed by atoms with Gasteiger partial charge in [0.05, 0.1) is 29.1 Å². The summed E-state index contributed by atoms with van der Waals surface area (Å²) in [6, 6.07) is 9.40. The molecule has 0 aliphatic carbocycles. The van der Waals surface area contributed by atoms with Crippen LogP contribution in [0.25, 0.3) is 21.5 Å². The molecule has 1 saturated heterocycles. The molecule has 1 aliphatic heterocycles. The van der Waals surface area contributed by atoms with Gasteiger partial charge in [-0.25, -0.2) is 15.0 Å². The van der Waals surface area contributed by atoms with Gasteiger partial charge in [-0.05, 0) is 18.2 Å². The highest BCUT2D eigenvalue weighted by Gasteiger charge is 2.14. The smallest absolute Gasteiger partial charge is 0.225 e. The van der Waals surface area contributed by atoms with E-state index in [0.29, 0.717) is 30.0 Å². The lowest BCUT2D eigenvalue weighted by atomic mass is 10.2. The molecule has 5 rings (SSSR count). The Hall–Kier alpha value is -3.30. The summed E-state index contributed by atoms with van der Waals surface area (Å²) >= 11 is 1.44. The summed E-state index contributed by atoms with van der Waals surface area (Å²) in [5.74, 6) is 2.11. The molecule has 8 nitrogen and oxygen atoms in total. The van der Waals surface area contributed by atoms with E-state index in [2.05, 4.69) is 24.8 Å². The molecule has 0 radical (unpaired) electrons. The molecule has 3 aromatic heterocycles. The first kappa shape index (κ1) is 17.8. The van der Waals surface area contributed by atoms with Crippen molar-refractivity contribution in [3.8, 4) is 22.8 Å². The number of benzene rings is 1. The summed E-state index contributed by atoms with van der Waals surface area (Å²) in [6.45, 7) is 3.01. The third-order valence-electron chi connectivity index (χ3n) is 4.57. The standard InChI is InChI=1S/C20H18N6O2S/c21-19-25-16-2-1-14(10-18(16)29-19)28-15-3-4-22-17(9-15)13-11-23-20(24-12-13)26-5-7-27-8-6-26/h1-4,9-12H,5-8H2,(H2,21,25). The molecule has 29 heavy (non-hydrogen) atoms. The summed E-state index contributed by atoms with van der Waals surface area (Å²) in [4.78, 5) is 19.8. The molecule has 1 fully saturated rings. The number of morpholine rings is 1. The van der Waals surface area contributed by atoms with Crippen LogP contribution in [-0.4, -0.2) is 46.2 Å². The zero-order chi connectivity index (χ0) is 19.6. The number of rotatable bonds is 4. The fourth-order valence-corrected chi connectivity index (χ4v) is 3.90. The van der Waals surface area contributed by atoms with E-state index in [1.165, 1.54) is 11.3 Å². The van der Waals surface area contributed by atoms with Crippen molar-refractivity contribution in [2.45, 2.75) is 0 Å². The molecular weight excluding hydrogens is 388 g/mol. The zero-order valence-corrected chi connectivity index (χ0v) is 16.3. The fourth-order valence-electron chi connectivity index (χ4n) is 3.13.